The maximum atomic E-state index is 12.6. The lowest BCUT2D eigenvalue weighted by atomic mass is 9.66. The first-order valence-electron chi connectivity index (χ1n) is 7.39. The molecule has 0 heterocycles. The maximum Gasteiger partial charge on any atom is 0.416 e. The number of carbonyl (C=O) groups excluding carboxylic acids is 1. The molecule has 1 aromatic carbocycles. The van der Waals surface area contributed by atoms with Gasteiger partial charge in [0.1, 0.15) is 0 Å². The van der Waals surface area contributed by atoms with Crippen LogP contribution >= 0.6 is 0 Å². The summed E-state index contributed by atoms with van der Waals surface area (Å²) in [5.74, 6) is 3.72. The van der Waals surface area contributed by atoms with Gasteiger partial charge in [-0.1, -0.05) is 24.3 Å². The van der Waals surface area contributed by atoms with Gasteiger partial charge in [-0.15, -0.1) is 0 Å². The van der Waals surface area contributed by atoms with Crippen LogP contribution in [0, 0.1) is 17.3 Å². The largest absolute Gasteiger partial charge is 0.481 e. The average Bonchev–Trinajstić information content (AvgIpc) is 2.46. The van der Waals surface area contributed by atoms with Crippen LogP contribution in [0.1, 0.15) is 36.8 Å². The molecule has 1 aliphatic carbocycles. The van der Waals surface area contributed by atoms with E-state index in [1.54, 1.807) is 0 Å². The first-order chi connectivity index (χ1) is 11.2. The minimum Gasteiger partial charge on any atom is -0.481 e. The van der Waals surface area contributed by atoms with Crippen molar-refractivity contribution in [3.05, 3.63) is 35.4 Å². The van der Waals surface area contributed by atoms with Gasteiger partial charge in [-0.05, 0) is 31.0 Å². The molecule has 0 saturated heterocycles. The van der Waals surface area contributed by atoms with Gasteiger partial charge in [0.15, 0.2) is 0 Å². The molecule has 24 heavy (non-hydrogen) atoms. The minimum atomic E-state index is -4.43. The molecule has 1 saturated carbocycles. The lowest BCUT2D eigenvalue weighted by Crippen LogP contribution is -2.42. The summed E-state index contributed by atoms with van der Waals surface area (Å²) in [6.07, 6.45) is -2.79. The zero-order valence-corrected chi connectivity index (χ0v) is 12.7. The Kier molecular flexibility index (Phi) is 5.17. The summed E-state index contributed by atoms with van der Waals surface area (Å²) in [4.78, 5) is 22.9. The van der Waals surface area contributed by atoms with Crippen molar-refractivity contribution in [3.8, 4) is 11.8 Å². The van der Waals surface area contributed by atoms with Gasteiger partial charge in [0.25, 0.3) is 0 Å². The molecule has 0 aromatic heterocycles. The number of halogens is 3. The SMILES string of the molecule is O=C(CC1(C(=O)O)CCC1)NCC#Cc1cccc(C(F)(F)F)c1. The van der Waals surface area contributed by atoms with E-state index in [0.717, 1.165) is 18.6 Å². The first kappa shape index (κ1) is 17.9. The van der Waals surface area contributed by atoms with E-state index in [-0.39, 0.29) is 18.5 Å². The Hall–Kier alpha value is -2.49. The Morgan fingerprint density at radius 1 is 1.29 bits per heavy atom. The Labute approximate surface area is 137 Å². The summed E-state index contributed by atoms with van der Waals surface area (Å²) in [5.41, 5.74) is -1.56. The molecule has 1 fully saturated rings. The number of aliphatic carboxylic acids is 1. The second-order valence-electron chi connectivity index (χ2n) is 5.77. The van der Waals surface area contributed by atoms with Crippen molar-refractivity contribution in [2.24, 2.45) is 5.41 Å². The molecular formula is C17H16F3NO3. The molecule has 0 aliphatic heterocycles. The number of benzene rings is 1. The van der Waals surface area contributed by atoms with E-state index in [1.165, 1.54) is 12.1 Å². The van der Waals surface area contributed by atoms with E-state index < -0.39 is 29.0 Å². The number of carboxylic acid groups (broad SMARTS) is 1. The fourth-order valence-corrected chi connectivity index (χ4v) is 2.50. The van der Waals surface area contributed by atoms with Gasteiger partial charge < -0.3 is 10.4 Å². The lowest BCUT2D eigenvalue weighted by Gasteiger charge is -2.36. The van der Waals surface area contributed by atoms with E-state index in [0.29, 0.717) is 12.8 Å². The molecule has 0 atom stereocenters. The highest BCUT2D eigenvalue weighted by Gasteiger charge is 2.45. The fourth-order valence-electron chi connectivity index (χ4n) is 2.50. The summed E-state index contributed by atoms with van der Waals surface area (Å²) < 4.78 is 37.7. The highest BCUT2D eigenvalue weighted by atomic mass is 19.4. The molecule has 0 unspecified atom stereocenters. The molecule has 0 bridgehead atoms. The van der Waals surface area contributed by atoms with Gasteiger partial charge in [-0.3, -0.25) is 9.59 Å². The van der Waals surface area contributed by atoms with Crippen molar-refractivity contribution in [1.82, 2.24) is 5.32 Å². The number of carboxylic acids is 1. The Morgan fingerprint density at radius 3 is 2.54 bits per heavy atom. The number of hydrogen-bond donors (Lipinski definition) is 2. The van der Waals surface area contributed by atoms with Crippen molar-refractivity contribution in [3.63, 3.8) is 0 Å². The van der Waals surface area contributed by atoms with Crippen molar-refractivity contribution in [2.45, 2.75) is 31.9 Å². The van der Waals surface area contributed by atoms with Crippen LogP contribution in [0.3, 0.4) is 0 Å². The third kappa shape index (κ3) is 4.28. The molecule has 1 amide bonds. The Morgan fingerprint density at radius 2 is 2.00 bits per heavy atom. The van der Waals surface area contributed by atoms with E-state index >= 15 is 0 Å². The standard InChI is InChI=1S/C17H16F3NO3/c18-17(19,20)13-6-1-4-12(10-13)5-2-9-21-14(22)11-16(15(23)24)7-3-8-16/h1,4,6,10H,3,7-9,11H2,(H,21,22)(H,23,24). The summed E-state index contributed by atoms with van der Waals surface area (Å²) in [5, 5.41) is 11.6. The number of alkyl halides is 3. The third-order valence-corrected chi connectivity index (χ3v) is 4.06. The second-order valence-corrected chi connectivity index (χ2v) is 5.77. The van der Waals surface area contributed by atoms with Gasteiger partial charge in [0, 0.05) is 12.0 Å². The summed E-state index contributed by atoms with van der Waals surface area (Å²) in [7, 11) is 0. The minimum absolute atomic E-state index is 0.0508. The molecule has 128 valence electrons. The molecule has 2 N–H and O–H groups in total. The predicted octanol–water partition coefficient (Wildman–Crippen LogP) is 2.82. The highest BCUT2D eigenvalue weighted by Crippen LogP contribution is 2.44. The van der Waals surface area contributed by atoms with E-state index in [4.69, 9.17) is 5.11 Å². The van der Waals surface area contributed by atoms with Crippen molar-refractivity contribution in [1.29, 1.82) is 0 Å². The van der Waals surface area contributed by atoms with Gasteiger partial charge in [-0.2, -0.15) is 13.2 Å². The normalized spacial score (nSPS) is 15.6. The monoisotopic (exact) mass is 339 g/mol. The Balaban J connectivity index is 1.88. The van der Waals surface area contributed by atoms with Gasteiger partial charge in [0.2, 0.25) is 5.91 Å². The number of hydrogen-bond acceptors (Lipinski definition) is 2. The van der Waals surface area contributed by atoms with Gasteiger partial charge in [0.05, 0.1) is 17.5 Å². The lowest BCUT2D eigenvalue weighted by molar-refractivity contribution is -0.157. The van der Waals surface area contributed by atoms with Gasteiger partial charge >= 0.3 is 12.1 Å². The smallest absolute Gasteiger partial charge is 0.416 e. The quantitative estimate of drug-likeness (QED) is 0.829. The molecular weight excluding hydrogens is 323 g/mol. The van der Waals surface area contributed by atoms with Crippen LogP contribution in [0.25, 0.3) is 0 Å². The zero-order chi connectivity index (χ0) is 17.8. The molecule has 1 aliphatic rings. The number of rotatable bonds is 4. The van der Waals surface area contributed by atoms with E-state index in [1.807, 2.05) is 0 Å². The Bertz CT molecular complexity index is 697. The third-order valence-electron chi connectivity index (χ3n) is 4.06. The van der Waals surface area contributed by atoms with Crippen LogP contribution < -0.4 is 5.32 Å². The van der Waals surface area contributed by atoms with Crippen LogP contribution in [0.15, 0.2) is 24.3 Å². The number of carbonyl (C=O) groups is 2. The summed E-state index contributed by atoms with van der Waals surface area (Å²) in [6, 6.07) is 4.59. The average molecular weight is 339 g/mol. The highest BCUT2D eigenvalue weighted by molar-refractivity contribution is 5.85. The predicted molar refractivity (Wildman–Crippen MR) is 79.9 cm³/mol. The zero-order valence-electron chi connectivity index (χ0n) is 12.7. The van der Waals surface area contributed by atoms with Crippen molar-refractivity contribution >= 4 is 11.9 Å². The van der Waals surface area contributed by atoms with Gasteiger partial charge in [-0.25, -0.2) is 0 Å². The van der Waals surface area contributed by atoms with Crippen LogP contribution in [0.2, 0.25) is 0 Å². The van der Waals surface area contributed by atoms with Crippen LogP contribution in [0.4, 0.5) is 13.2 Å². The maximum absolute atomic E-state index is 12.6. The van der Waals surface area contributed by atoms with E-state index in [2.05, 4.69) is 17.2 Å². The van der Waals surface area contributed by atoms with Crippen LogP contribution in [-0.2, 0) is 15.8 Å². The van der Waals surface area contributed by atoms with E-state index in [9.17, 15) is 22.8 Å². The topological polar surface area (TPSA) is 66.4 Å². The van der Waals surface area contributed by atoms with Crippen molar-refractivity contribution < 1.29 is 27.9 Å². The summed E-state index contributed by atoms with van der Waals surface area (Å²) >= 11 is 0. The number of amides is 1. The molecule has 4 nitrogen and oxygen atoms in total. The number of nitrogens with one attached hydrogen (secondary N) is 1. The fraction of sp³-hybridized carbons (Fsp3) is 0.412. The molecule has 7 heteroatoms. The summed E-state index contributed by atoms with van der Waals surface area (Å²) in [6.45, 7) is -0.0508. The van der Waals surface area contributed by atoms with Crippen molar-refractivity contribution in [2.75, 3.05) is 6.54 Å². The van der Waals surface area contributed by atoms with Crippen LogP contribution in [0.5, 0.6) is 0 Å². The molecule has 1 aromatic rings. The molecule has 0 spiro atoms. The van der Waals surface area contributed by atoms with Crippen LogP contribution in [-0.4, -0.2) is 23.5 Å². The second kappa shape index (κ2) is 6.95. The first-order valence-corrected chi connectivity index (χ1v) is 7.39. The molecule has 0 radical (unpaired) electrons. The molecule has 2 rings (SSSR count).